The molecule has 3 aliphatic heterocycles. The lowest BCUT2D eigenvalue weighted by Crippen LogP contribution is -2.52. The van der Waals surface area contributed by atoms with E-state index in [2.05, 4.69) is 5.32 Å². The average molecular weight is 294 g/mol. The molecule has 0 spiro atoms. The van der Waals surface area contributed by atoms with Crippen LogP contribution in [0.25, 0.3) is 0 Å². The Morgan fingerprint density at radius 1 is 1.19 bits per heavy atom. The van der Waals surface area contributed by atoms with E-state index in [-0.39, 0.29) is 30.2 Å². The van der Waals surface area contributed by atoms with Crippen LogP contribution in [0.3, 0.4) is 0 Å². The summed E-state index contributed by atoms with van der Waals surface area (Å²) < 4.78 is 5.75. The number of urea groups is 1. The molecule has 21 heavy (non-hydrogen) atoms. The number of likely N-dealkylation sites (tertiary alicyclic amines) is 1. The number of fused-ring (bicyclic) bond motifs is 3. The van der Waals surface area contributed by atoms with Crippen molar-refractivity contribution >= 4 is 12.0 Å². The molecule has 6 nitrogen and oxygen atoms in total. The van der Waals surface area contributed by atoms with Gasteiger partial charge < -0.3 is 20.1 Å². The number of nitrogens with one attached hydrogen (secondary N) is 1. The highest BCUT2D eigenvalue weighted by molar-refractivity contribution is 5.84. The topological polar surface area (TPSA) is 78.9 Å². The fourth-order valence-corrected chi connectivity index (χ4v) is 4.86. The zero-order chi connectivity index (χ0) is 14.6. The van der Waals surface area contributed by atoms with Gasteiger partial charge in [-0.15, -0.1) is 0 Å². The summed E-state index contributed by atoms with van der Waals surface area (Å²) in [6.45, 7) is 0.592. The van der Waals surface area contributed by atoms with Crippen molar-refractivity contribution in [3.8, 4) is 0 Å². The van der Waals surface area contributed by atoms with Crippen LogP contribution in [0.5, 0.6) is 0 Å². The molecule has 6 unspecified atom stereocenters. The Morgan fingerprint density at radius 2 is 2.05 bits per heavy atom. The molecule has 3 heterocycles. The van der Waals surface area contributed by atoms with Gasteiger partial charge in [0.1, 0.15) is 6.04 Å². The summed E-state index contributed by atoms with van der Waals surface area (Å²) in [7, 11) is 0. The van der Waals surface area contributed by atoms with E-state index in [4.69, 9.17) is 4.74 Å². The van der Waals surface area contributed by atoms with E-state index in [1.807, 2.05) is 0 Å². The third kappa shape index (κ3) is 2.11. The van der Waals surface area contributed by atoms with E-state index in [0.29, 0.717) is 12.5 Å². The van der Waals surface area contributed by atoms with Crippen LogP contribution >= 0.6 is 0 Å². The second kappa shape index (κ2) is 4.87. The van der Waals surface area contributed by atoms with Gasteiger partial charge in [0.2, 0.25) is 0 Å². The number of amides is 2. The second-order valence-corrected chi connectivity index (χ2v) is 6.96. The van der Waals surface area contributed by atoms with Crippen LogP contribution in [-0.4, -0.2) is 52.8 Å². The normalized spacial score (nSPS) is 44.1. The van der Waals surface area contributed by atoms with Crippen molar-refractivity contribution in [2.24, 2.45) is 11.8 Å². The SMILES string of the molecule is O=C(O)C1C2CCCC2CN1C(=O)NC1CC2CCC1O2. The lowest BCUT2D eigenvalue weighted by atomic mass is 9.94. The van der Waals surface area contributed by atoms with Crippen molar-refractivity contribution in [2.75, 3.05) is 6.54 Å². The maximum atomic E-state index is 12.5. The van der Waals surface area contributed by atoms with Crippen LogP contribution in [-0.2, 0) is 9.53 Å². The fraction of sp³-hybridized carbons (Fsp3) is 0.867. The maximum absolute atomic E-state index is 12.5. The Kier molecular flexibility index (Phi) is 3.10. The van der Waals surface area contributed by atoms with E-state index in [9.17, 15) is 14.7 Å². The number of nitrogens with zero attached hydrogens (tertiary/aromatic N) is 1. The molecule has 1 saturated carbocycles. The van der Waals surface area contributed by atoms with Crippen molar-refractivity contribution in [3.63, 3.8) is 0 Å². The first-order chi connectivity index (χ1) is 10.1. The number of hydrogen-bond donors (Lipinski definition) is 2. The molecule has 1 aliphatic carbocycles. The van der Waals surface area contributed by atoms with Gasteiger partial charge in [-0.1, -0.05) is 6.42 Å². The smallest absolute Gasteiger partial charge is 0.326 e. The molecule has 0 aromatic heterocycles. The third-order valence-electron chi connectivity index (χ3n) is 5.82. The van der Waals surface area contributed by atoms with Gasteiger partial charge in [-0.2, -0.15) is 0 Å². The molecule has 6 heteroatoms. The van der Waals surface area contributed by atoms with E-state index in [0.717, 1.165) is 38.5 Å². The lowest BCUT2D eigenvalue weighted by Gasteiger charge is -2.28. The van der Waals surface area contributed by atoms with Crippen LogP contribution in [0.2, 0.25) is 0 Å². The monoisotopic (exact) mass is 294 g/mol. The summed E-state index contributed by atoms with van der Waals surface area (Å²) in [5.41, 5.74) is 0. The first-order valence-electron chi connectivity index (χ1n) is 8.09. The van der Waals surface area contributed by atoms with Gasteiger partial charge in [0, 0.05) is 6.54 Å². The summed E-state index contributed by atoms with van der Waals surface area (Å²) in [6.07, 6.45) is 6.45. The highest BCUT2D eigenvalue weighted by Gasteiger charge is 2.50. The van der Waals surface area contributed by atoms with E-state index < -0.39 is 12.0 Å². The molecule has 2 bridgehead atoms. The Morgan fingerprint density at radius 3 is 2.71 bits per heavy atom. The van der Waals surface area contributed by atoms with E-state index >= 15 is 0 Å². The predicted molar refractivity (Wildman–Crippen MR) is 73.8 cm³/mol. The standard InChI is InChI=1S/C15H22N2O4/c18-14(19)13-10-3-1-2-8(10)7-17(13)15(20)16-11-6-9-4-5-12(11)21-9/h8-13H,1-7H2,(H,16,20)(H,18,19). The van der Waals surface area contributed by atoms with Crippen LogP contribution in [0, 0.1) is 11.8 Å². The molecule has 4 rings (SSSR count). The zero-order valence-electron chi connectivity index (χ0n) is 12.0. The van der Waals surface area contributed by atoms with Gasteiger partial charge in [-0.25, -0.2) is 9.59 Å². The van der Waals surface area contributed by atoms with Gasteiger partial charge in [0.25, 0.3) is 0 Å². The van der Waals surface area contributed by atoms with Crippen LogP contribution in [0.4, 0.5) is 4.79 Å². The lowest BCUT2D eigenvalue weighted by molar-refractivity contribution is -0.142. The van der Waals surface area contributed by atoms with Gasteiger partial charge in [-0.3, -0.25) is 0 Å². The van der Waals surface area contributed by atoms with Crippen LogP contribution < -0.4 is 5.32 Å². The number of hydrogen-bond acceptors (Lipinski definition) is 3. The summed E-state index contributed by atoms with van der Waals surface area (Å²) in [5, 5.41) is 12.5. The first-order valence-corrected chi connectivity index (χ1v) is 8.09. The number of carbonyl (C=O) groups excluding carboxylic acids is 1. The predicted octanol–water partition coefficient (Wildman–Crippen LogP) is 1.20. The Bertz CT molecular complexity index is 469. The summed E-state index contributed by atoms with van der Waals surface area (Å²) in [5.74, 6) is -0.346. The quantitative estimate of drug-likeness (QED) is 0.802. The second-order valence-electron chi connectivity index (χ2n) is 6.96. The van der Waals surface area contributed by atoms with Gasteiger partial charge in [0.05, 0.1) is 18.2 Å². The zero-order valence-corrected chi connectivity index (χ0v) is 12.0. The highest BCUT2D eigenvalue weighted by atomic mass is 16.5. The number of aliphatic carboxylic acids is 1. The molecular weight excluding hydrogens is 272 g/mol. The molecule has 4 aliphatic rings. The average Bonchev–Trinajstić information content (AvgIpc) is 3.17. The van der Waals surface area contributed by atoms with Gasteiger partial charge in [0.15, 0.2) is 0 Å². The molecule has 0 radical (unpaired) electrons. The summed E-state index contributed by atoms with van der Waals surface area (Å²) in [4.78, 5) is 25.7. The number of carboxylic acids is 1. The molecule has 6 atom stereocenters. The summed E-state index contributed by atoms with van der Waals surface area (Å²) >= 11 is 0. The van der Waals surface area contributed by atoms with Crippen molar-refractivity contribution in [1.29, 1.82) is 0 Å². The Labute approximate surface area is 123 Å². The van der Waals surface area contributed by atoms with Crippen molar-refractivity contribution in [1.82, 2.24) is 10.2 Å². The molecule has 2 amide bonds. The largest absolute Gasteiger partial charge is 0.480 e. The molecule has 116 valence electrons. The molecule has 4 fully saturated rings. The number of ether oxygens (including phenoxy) is 1. The van der Waals surface area contributed by atoms with Gasteiger partial charge >= 0.3 is 12.0 Å². The van der Waals surface area contributed by atoms with Crippen LogP contribution in [0.15, 0.2) is 0 Å². The Balaban J connectivity index is 1.45. The minimum atomic E-state index is -0.858. The van der Waals surface area contributed by atoms with E-state index in [1.54, 1.807) is 4.90 Å². The van der Waals surface area contributed by atoms with Crippen molar-refractivity contribution in [2.45, 2.75) is 62.8 Å². The first kappa shape index (κ1) is 13.4. The van der Waals surface area contributed by atoms with E-state index in [1.165, 1.54) is 0 Å². The molecule has 2 N–H and O–H groups in total. The third-order valence-corrected chi connectivity index (χ3v) is 5.82. The molecule has 0 aromatic carbocycles. The molecular formula is C15H22N2O4. The number of rotatable bonds is 2. The number of carbonyl (C=O) groups is 2. The highest BCUT2D eigenvalue weighted by Crippen LogP contribution is 2.42. The minimum absolute atomic E-state index is 0.0612. The van der Waals surface area contributed by atoms with Gasteiger partial charge in [-0.05, 0) is 43.9 Å². The van der Waals surface area contributed by atoms with Crippen molar-refractivity contribution < 1.29 is 19.4 Å². The molecule has 3 saturated heterocycles. The van der Waals surface area contributed by atoms with Crippen molar-refractivity contribution in [3.05, 3.63) is 0 Å². The molecule has 0 aromatic rings. The maximum Gasteiger partial charge on any atom is 0.326 e. The number of carboxylic acid groups (broad SMARTS) is 1. The minimum Gasteiger partial charge on any atom is -0.480 e. The van der Waals surface area contributed by atoms with Crippen LogP contribution in [0.1, 0.15) is 38.5 Å². The fourth-order valence-electron chi connectivity index (χ4n) is 4.86. The summed E-state index contributed by atoms with van der Waals surface area (Å²) in [6, 6.07) is -0.791. The Hall–Kier alpha value is -1.30.